The first kappa shape index (κ1) is 34.1. The lowest BCUT2D eigenvalue weighted by Crippen LogP contribution is -2.56. The molecule has 3 heterocycles. The zero-order valence-corrected chi connectivity index (χ0v) is 26.1. The van der Waals surface area contributed by atoms with Crippen molar-refractivity contribution in [3.63, 3.8) is 0 Å². The molecule has 3 N–H and O–H groups in total. The number of allylic oxidation sites excluding steroid dienone is 1. The van der Waals surface area contributed by atoms with Crippen LogP contribution in [0.4, 0.5) is 0 Å². The average molecular weight is 584 g/mol. The molecule has 0 aliphatic carbocycles. The summed E-state index contributed by atoms with van der Waals surface area (Å²) in [4.78, 5) is 28.2. The fourth-order valence-electron chi connectivity index (χ4n) is 6.59. The summed E-state index contributed by atoms with van der Waals surface area (Å²) in [7, 11) is 3.78. The van der Waals surface area contributed by atoms with E-state index < -0.39 is 54.1 Å². The van der Waals surface area contributed by atoms with E-state index in [1.807, 2.05) is 53.6 Å². The number of epoxide rings is 1. The molecule has 0 bridgehead atoms. The maximum atomic E-state index is 13.2. The van der Waals surface area contributed by atoms with Gasteiger partial charge in [0, 0.05) is 30.4 Å². The Labute approximate surface area is 245 Å². The minimum absolute atomic E-state index is 0.0659. The van der Waals surface area contributed by atoms with Gasteiger partial charge in [-0.05, 0) is 71.7 Å². The Hall–Kier alpha value is -1.40. The minimum Gasteiger partial charge on any atom is -0.462 e. The van der Waals surface area contributed by atoms with Gasteiger partial charge in [-0.1, -0.05) is 27.7 Å². The number of cyclic esters (lactones) is 1. The highest BCUT2D eigenvalue weighted by Gasteiger charge is 2.55. The number of nitrogens with zero attached hydrogens (tertiary/aromatic N) is 1. The molecule has 0 spiro atoms. The van der Waals surface area contributed by atoms with Crippen LogP contribution in [0.25, 0.3) is 0 Å². The summed E-state index contributed by atoms with van der Waals surface area (Å²) in [6.07, 6.45) is 0.468. The number of hydrogen-bond acceptors (Lipinski definition) is 10. The van der Waals surface area contributed by atoms with Crippen molar-refractivity contribution in [2.24, 2.45) is 23.7 Å². The van der Waals surface area contributed by atoms with Crippen LogP contribution in [0.2, 0.25) is 0 Å². The summed E-state index contributed by atoms with van der Waals surface area (Å²) in [5.41, 5.74) is -0.621. The number of ketones is 1. The van der Waals surface area contributed by atoms with Crippen LogP contribution in [-0.2, 0) is 28.5 Å². The number of likely N-dealkylation sites (N-methyl/N-ethyl adjacent to an activating group) is 1. The van der Waals surface area contributed by atoms with Crippen LogP contribution < -0.4 is 0 Å². The molecule has 2 saturated heterocycles. The largest absolute Gasteiger partial charge is 0.462 e. The molecule has 10 heteroatoms. The first-order valence-corrected chi connectivity index (χ1v) is 15.3. The molecule has 0 aromatic carbocycles. The highest BCUT2D eigenvalue weighted by Crippen LogP contribution is 2.45. The number of ether oxygens (including phenoxy) is 4. The average Bonchev–Trinajstić information content (AvgIpc) is 3.60. The quantitative estimate of drug-likeness (QED) is 0.316. The molecule has 13 atom stereocenters. The lowest BCUT2D eigenvalue weighted by atomic mass is 9.79. The van der Waals surface area contributed by atoms with Crippen LogP contribution in [0, 0.1) is 23.7 Å². The number of fused-ring (bicyclic) bond motifs is 1. The zero-order valence-electron chi connectivity index (χ0n) is 26.1. The molecule has 0 amide bonds. The van der Waals surface area contributed by atoms with Gasteiger partial charge in [0.25, 0.3) is 0 Å². The minimum atomic E-state index is -1.12. The van der Waals surface area contributed by atoms with E-state index in [1.54, 1.807) is 19.1 Å². The maximum Gasteiger partial charge on any atom is 0.308 e. The number of carbonyl (C=O) groups is 2. The van der Waals surface area contributed by atoms with Gasteiger partial charge in [0.05, 0.1) is 30.8 Å². The van der Waals surface area contributed by atoms with E-state index in [4.69, 9.17) is 18.9 Å². The molecule has 3 aliphatic heterocycles. The Balaban J connectivity index is 1.95. The summed E-state index contributed by atoms with van der Waals surface area (Å²) in [6, 6.07) is -0.199. The third-order valence-electron chi connectivity index (χ3n) is 9.39. The number of hydrogen-bond donors (Lipinski definition) is 3. The Morgan fingerprint density at radius 3 is 2.39 bits per heavy atom. The van der Waals surface area contributed by atoms with Crippen molar-refractivity contribution in [1.82, 2.24) is 4.90 Å². The first-order valence-electron chi connectivity index (χ1n) is 15.3. The van der Waals surface area contributed by atoms with Gasteiger partial charge in [0.15, 0.2) is 12.1 Å². The molecule has 41 heavy (non-hydrogen) atoms. The molecular formula is C31H53NO9. The predicted molar refractivity (Wildman–Crippen MR) is 153 cm³/mol. The van der Waals surface area contributed by atoms with Crippen LogP contribution in [0.5, 0.6) is 0 Å². The Morgan fingerprint density at radius 1 is 1.10 bits per heavy atom. The number of esters is 1. The molecule has 0 unspecified atom stereocenters. The van der Waals surface area contributed by atoms with Gasteiger partial charge in [0.2, 0.25) is 0 Å². The highest BCUT2D eigenvalue weighted by molar-refractivity contribution is 5.91. The lowest BCUT2D eigenvalue weighted by Gasteiger charge is -2.44. The van der Waals surface area contributed by atoms with E-state index in [9.17, 15) is 24.9 Å². The van der Waals surface area contributed by atoms with Gasteiger partial charge in [-0.3, -0.25) is 9.59 Å². The molecule has 236 valence electrons. The second kappa shape index (κ2) is 14.4. The second-order valence-electron chi connectivity index (χ2n) is 13.0. The van der Waals surface area contributed by atoms with Crippen molar-refractivity contribution in [2.75, 3.05) is 20.7 Å². The van der Waals surface area contributed by atoms with Crippen LogP contribution >= 0.6 is 0 Å². The van der Waals surface area contributed by atoms with Gasteiger partial charge in [-0.15, -0.1) is 0 Å². The van der Waals surface area contributed by atoms with Crippen molar-refractivity contribution in [1.29, 1.82) is 0 Å². The standard InChI is InChI=1S/C31H53NO9/c1-9-25-20(5)29-31(6,41-29)12-10-23(34)17(2)14-21(11-13-33)28(19(4)24(35)16-26(36)39-25)40-30-27(37)22(32(7)8)15-18(3)38-30/h10,12,17-22,24-25,27-30,33,35,37H,9,11,13-16H2,1-8H3/b12-10-/t17-,18+,19-,20-,21+,22+,24+,25-,27+,28-,29+,30-,31-/m1/s1. The van der Waals surface area contributed by atoms with Crippen molar-refractivity contribution in [2.45, 2.75) is 128 Å². The van der Waals surface area contributed by atoms with Crippen LogP contribution in [0.3, 0.4) is 0 Å². The summed E-state index contributed by atoms with van der Waals surface area (Å²) >= 11 is 0. The topological polar surface area (TPSA) is 138 Å². The molecule has 0 aromatic heterocycles. The van der Waals surface area contributed by atoms with E-state index in [2.05, 4.69) is 0 Å². The number of aliphatic hydroxyl groups excluding tert-OH is 3. The zero-order chi connectivity index (χ0) is 30.6. The SMILES string of the molecule is CC[C@H]1OC(=O)C[C@H](O)[C@@H](C)[C@@H](O[C@H]2O[C@@H](C)C[C@H](N(C)C)[C@@H]2O)[C@@H](CCO)C[C@@H](C)C(=O)/C=C\[C@@]2(C)O[C@H]2[C@@H]1C. The molecule has 0 saturated carbocycles. The normalized spacial score (nSPS) is 45.7. The Morgan fingerprint density at radius 2 is 1.78 bits per heavy atom. The number of rotatable bonds is 6. The third-order valence-corrected chi connectivity index (χ3v) is 9.39. The summed E-state index contributed by atoms with van der Waals surface area (Å²) in [5.74, 6) is -2.04. The van der Waals surface area contributed by atoms with Gasteiger partial charge in [-0.2, -0.15) is 0 Å². The van der Waals surface area contributed by atoms with E-state index in [-0.39, 0.29) is 48.9 Å². The van der Waals surface area contributed by atoms with Gasteiger partial charge in [0.1, 0.15) is 17.8 Å². The third kappa shape index (κ3) is 8.37. The van der Waals surface area contributed by atoms with Crippen molar-refractivity contribution in [3.8, 4) is 0 Å². The molecule has 0 radical (unpaired) electrons. The molecule has 2 fully saturated rings. The number of carbonyl (C=O) groups excluding carboxylic acids is 2. The summed E-state index contributed by atoms with van der Waals surface area (Å²) in [5, 5.41) is 32.5. The van der Waals surface area contributed by atoms with Gasteiger partial charge in [-0.25, -0.2) is 0 Å². The molecule has 3 rings (SSSR count). The monoisotopic (exact) mass is 583 g/mol. The van der Waals surface area contributed by atoms with Crippen LogP contribution in [-0.4, -0.2) is 107 Å². The molecule has 10 nitrogen and oxygen atoms in total. The highest BCUT2D eigenvalue weighted by atomic mass is 16.7. The molecule has 3 aliphatic rings. The Kier molecular flexibility index (Phi) is 12.0. The first-order chi connectivity index (χ1) is 19.2. The summed E-state index contributed by atoms with van der Waals surface area (Å²) in [6.45, 7) is 11.2. The number of aliphatic hydroxyl groups is 3. The van der Waals surface area contributed by atoms with Crippen LogP contribution in [0.15, 0.2) is 12.2 Å². The van der Waals surface area contributed by atoms with Crippen molar-refractivity contribution < 1.29 is 43.9 Å². The fourth-order valence-corrected chi connectivity index (χ4v) is 6.59. The van der Waals surface area contributed by atoms with E-state index >= 15 is 0 Å². The van der Waals surface area contributed by atoms with Crippen LogP contribution in [0.1, 0.15) is 73.6 Å². The fraction of sp³-hybridized carbons (Fsp3) is 0.871. The van der Waals surface area contributed by atoms with Crippen molar-refractivity contribution >= 4 is 11.8 Å². The summed E-state index contributed by atoms with van der Waals surface area (Å²) < 4.78 is 24.3. The lowest BCUT2D eigenvalue weighted by molar-refractivity contribution is -0.283. The van der Waals surface area contributed by atoms with E-state index in [0.29, 0.717) is 25.7 Å². The maximum absolute atomic E-state index is 13.2. The van der Waals surface area contributed by atoms with Crippen molar-refractivity contribution in [3.05, 3.63) is 12.2 Å². The predicted octanol–water partition coefficient (Wildman–Crippen LogP) is 2.46. The Bertz CT molecular complexity index is 912. The molecule has 0 aromatic rings. The van der Waals surface area contributed by atoms with E-state index in [0.717, 1.165) is 0 Å². The molecular weight excluding hydrogens is 530 g/mol. The smallest absolute Gasteiger partial charge is 0.308 e. The van der Waals surface area contributed by atoms with E-state index in [1.165, 1.54) is 0 Å². The second-order valence-corrected chi connectivity index (χ2v) is 13.0. The van der Waals surface area contributed by atoms with Gasteiger partial charge >= 0.3 is 5.97 Å². The van der Waals surface area contributed by atoms with Gasteiger partial charge < -0.3 is 39.2 Å².